The minimum Gasteiger partial charge on any atom is -0.382 e. The highest BCUT2D eigenvalue weighted by Crippen LogP contribution is 2.27. The lowest BCUT2D eigenvalue weighted by Crippen LogP contribution is -2.09. The smallest absolute Gasteiger partial charge is 0.165 e. The van der Waals surface area contributed by atoms with Gasteiger partial charge in [0, 0.05) is 12.6 Å². The summed E-state index contributed by atoms with van der Waals surface area (Å²) in [6.45, 7) is 3.42. The van der Waals surface area contributed by atoms with Gasteiger partial charge in [0.1, 0.15) is 6.10 Å². The quantitative estimate of drug-likeness (QED) is 0.927. The van der Waals surface area contributed by atoms with E-state index in [0.717, 1.165) is 5.69 Å². The van der Waals surface area contributed by atoms with Gasteiger partial charge in [-0.1, -0.05) is 19.1 Å². The van der Waals surface area contributed by atoms with Crippen molar-refractivity contribution in [2.45, 2.75) is 26.4 Å². The molecule has 2 rings (SSSR count). The van der Waals surface area contributed by atoms with E-state index in [-0.39, 0.29) is 11.1 Å². The molecule has 1 aromatic heterocycles. The molecular weight excluding hydrogens is 250 g/mol. The zero-order chi connectivity index (χ0) is 14.2. The summed E-state index contributed by atoms with van der Waals surface area (Å²) in [7, 11) is 1.67. The second kappa shape index (κ2) is 5.09. The maximum Gasteiger partial charge on any atom is 0.165 e. The number of benzene rings is 1. The monoisotopic (exact) mass is 266 g/mol. The molecule has 1 atom stereocenters. The highest BCUT2D eigenvalue weighted by molar-refractivity contribution is 5.32. The molecular formula is C14H16F2N2O. The summed E-state index contributed by atoms with van der Waals surface area (Å²) in [5.41, 5.74) is 1.38. The zero-order valence-corrected chi connectivity index (χ0v) is 11.1. The van der Waals surface area contributed by atoms with E-state index in [0.29, 0.717) is 12.1 Å². The molecule has 1 unspecified atom stereocenters. The Morgan fingerprint density at radius 1 is 1.32 bits per heavy atom. The first-order valence-electron chi connectivity index (χ1n) is 6.11. The lowest BCUT2D eigenvalue weighted by molar-refractivity contribution is 0.203. The van der Waals surface area contributed by atoms with E-state index in [1.165, 1.54) is 23.7 Å². The van der Waals surface area contributed by atoms with Crippen LogP contribution in [0.25, 0.3) is 0 Å². The molecule has 0 radical (unpaired) electrons. The van der Waals surface area contributed by atoms with E-state index in [4.69, 9.17) is 0 Å². The van der Waals surface area contributed by atoms with Crippen molar-refractivity contribution in [3.63, 3.8) is 0 Å². The molecule has 0 aliphatic rings. The molecule has 5 heteroatoms. The molecule has 2 aromatic rings. The molecule has 102 valence electrons. The molecule has 0 bridgehead atoms. The van der Waals surface area contributed by atoms with Gasteiger partial charge in [-0.05, 0) is 25.0 Å². The first-order chi connectivity index (χ1) is 8.95. The molecule has 0 saturated heterocycles. The molecule has 0 aliphatic heterocycles. The van der Waals surface area contributed by atoms with Crippen LogP contribution in [-0.2, 0) is 13.5 Å². The van der Waals surface area contributed by atoms with Gasteiger partial charge in [-0.2, -0.15) is 5.10 Å². The molecule has 0 spiro atoms. The molecule has 19 heavy (non-hydrogen) atoms. The summed E-state index contributed by atoms with van der Waals surface area (Å²) in [6, 6.07) is 4.55. The van der Waals surface area contributed by atoms with Crippen LogP contribution in [0.4, 0.5) is 8.78 Å². The number of aliphatic hydroxyl groups excluding tert-OH is 1. The van der Waals surface area contributed by atoms with Gasteiger partial charge in [-0.15, -0.1) is 0 Å². The van der Waals surface area contributed by atoms with E-state index in [2.05, 4.69) is 5.10 Å². The van der Waals surface area contributed by atoms with Crippen molar-refractivity contribution in [1.29, 1.82) is 0 Å². The highest BCUT2D eigenvalue weighted by atomic mass is 19.2. The van der Waals surface area contributed by atoms with Gasteiger partial charge in [0.15, 0.2) is 11.6 Å². The molecule has 3 nitrogen and oxygen atoms in total. The number of aryl methyl sites for hydroxylation is 3. The Kier molecular flexibility index (Phi) is 3.66. The third-order valence-electron chi connectivity index (χ3n) is 3.21. The predicted molar refractivity (Wildman–Crippen MR) is 67.7 cm³/mol. The standard InChI is InChI=1S/C14H16F2N2O/c1-4-9-7-11(18(3)17-9)14(19)10-6-5-8(2)12(15)13(10)16/h5-7,14,19H,4H2,1-3H3. The third-order valence-corrected chi connectivity index (χ3v) is 3.21. The normalized spacial score (nSPS) is 12.7. The lowest BCUT2D eigenvalue weighted by Gasteiger charge is -2.13. The van der Waals surface area contributed by atoms with Gasteiger partial charge >= 0.3 is 0 Å². The minimum absolute atomic E-state index is 0.0752. The van der Waals surface area contributed by atoms with Gasteiger partial charge < -0.3 is 5.11 Å². The maximum atomic E-state index is 13.9. The van der Waals surface area contributed by atoms with Crippen molar-refractivity contribution in [3.05, 3.63) is 52.3 Å². The topological polar surface area (TPSA) is 38.0 Å². The molecule has 1 aromatic carbocycles. The Labute approximate surface area is 110 Å². The van der Waals surface area contributed by atoms with Crippen LogP contribution < -0.4 is 0 Å². The van der Waals surface area contributed by atoms with E-state index in [1.807, 2.05) is 6.92 Å². The van der Waals surface area contributed by atoms with Crippen LogP contribution in [0.15, 0.2) is 18.2 Å². The first-order valence-corrected chi connectivity index (χ1v) is 6.11. The maximum absolute atomic E-state index is 13.9. The Balaban J connectivity index is 2.46. The largest absolute Gasteiger partial charge is 0.382 e. The average molecular weight is 266 g/mol. The number of nitrogens with zero attached hydrogens (tertiary/aromatic N) is 2. The second-order valence-corrected chi connectivity index (χ2v) is 4.54. The molecule has 0 aliphatic carbocycles. The highest BCUT2D eigenvalue weighted by Gasteiger charge is 2.22. The van der Waals surface area contributed by atoms with Gasteiger partial charge in [0.05, 0.1) is 11.4 Å². The SMILES string of the molecule is CCc1cc(C(O)c2ccc(C)c(F)c2F)n(C)n1. The predicted octanol–water partition coefficient (Wildman–Crippen LogP) is 2.65. The van der Waals surface area contributed by atoms with Gasteiger partial charge in [0.2, 0.25) is 0 Å². The van der Waals surface area contributed by atoms with Crippen molar-refractivity contribution >= 4 is 0 Å². The van der Waals surface area contributed by atoms with Crippen molar-refractivity contribution in [3.8, 4) is 0 Å². The number of aliphatic hydroxyl groups is 1. The van der Waals surface area contributed by atoms with Crippen molar-refractivity contribution < 1.29 is 13.9 Å². The van der Waals surface area contributed by atoms with Crippen LogP contribution in [0.3, 0.4) is 0 Å². The number of rotatable bonds is 3. The summed E-state index contributed by atoms with van der Waals surface area (Å²) in [5, 5.41) is 14.4. The minimum atomic E-state index is -1.23. The Morgan fingerprint density at radius 2 is 2.00 bits per heavy atom. The fourth-order valence-corrected chi connectivity index (χ4v) is 2.00. The summed E-state index contributed by atoms with van der Waals surface area (Å²) in [6.07, 6.45) is -0.515. The molecule has 1 heterocycles. The molecule has 0 fully saturated rings. The van der Waals surface area contributed by atoms with E-state index < -0.39 is 17.7 Å². The van der Waals surface area contributed by atoms with Gasteiger partial charge in [-0.25, -0.2) is 8.78 Å². The average Bonchev–Trinajstić information content (AvgIpc) is 2.77. The summed E-state index contributed by atoms with van der Waals surface area (Å²) < 4.78 is 28.9. The van der Waals surface area contributed by atoms with Crippen molar-refractivity contribution in [1.82, 2.24) is 9.78 Å². The second-order valence-electron chi connectivity index (χ2n) is 4.54. The van der Waals surface area contributed by atoms with Crippen LogP contribution in [0.5, 0.6) is 0 Å². The Hall–Kier alpha value is -1.75. The lowest BCUT2D eigenvalue weighted by atomic mass is 10.0. The molecule has 0 saturated carbocycles. The summed E-state index contributed by atoms with van der Waals surface area (Å²) >= 11 is 0. The van der Waals surface area contributed by atoms with E-state index in [9.17, 15) is 13.9 Å². The Bertz CT molecular complexity index is 608. The van der Waals surface area contributed by atoms with Gasteiger partial charge in [-0.3, -0.25) is 4.68 Å². The van der Waals surface area contributed by atoms with Crippen LogP contribution >= 0.6 is 0 Å². The molecule has 0 amide bonds. The van der Waals surface area contributed by atoms with E-state index in [1.54, 1.807) is 13.1 Å². The summed E-state index contributed by atoms with van der Waals surface area (Å²) in [5.74, 6) is -1.93. The summed E-state index contributed by atoms with van der Waals surface area (Å²) in [4.78, 5) is 0. The van der Waals surface area contributed by atoms with Gasteiger partial charge in [0.25, 0.3) is 0 Å². The Morgan fingerprint density at radius 3 is 2.58 bits per heavy atom. The number of halogens is 2. The van der Waals surface area contributed by atoms with Crippen molar-refractivity contribution in [2.75, 3.05) is 0 Å². The van der Waals surface area contributed by atoms with Crippen LogP contribution in [0, 0.1) is 18.6 Å². The van der Waals surface area contributed by atoms with Crippen LogP contribution in [0.2, 0.25) is 0 Å². The number of hydrogen-bond donors (Lipinski definition) is 1. The third kappa shape index (κ3) is 2.38. The molecule has 1 N–H and O–H groups in total. The zero-order valence-electron chi connectivity index (χ0n) is 11.1. The van der Waals surface area contributed by atoms with Crippen LogP contribution in [0.1, 0.15) is 35.5 Å². The first kappa shape index (κ1) is 13.7. The number of hydrogen-bond acceptors (Lipinski definition) is 2. The fourth-order valence-electron chi connectivity index (χ4n) is 2.00. The van der Waals surface area contributed by atoms with Crippen LogP contribution in [-0.4, -0.2) is 14.9 Å². The number of aromatic nitrogens is 2. The van der Waals surface area contributed by atoms with Crippen molar-refractivity contribution in [2.24, 2.45) is 7.05 Å². The fraction of sp³-hybridized carbons (Fsp3) is 0.357. The van der Waals surface area contributed by atoms with E-state index >= 15 is 0 Å².